The Kier molecular flexibility index (Phi) is 6.10. The Bertz CT molecular complexity index is 954. The first-order chi connectivity index (χ1) is 14.2. The highest BCUT2D eigenvalue weighted by molar-refractivity contribution is 6.07. The molecule has 3 rings (SSSR count). The number of anilines is 1. The zero-order valence-electron chi connectivity index (χ0n) is 17.7. The molecule has 0 saturated heterocycles. The van der Waals surface area contributed by atoms with Gasteiger partial charge in [0.25, 0.3) is 11.8 Å². The van der Waals surface area contributed by atoms with Crippen molar-refractivity contribution in [2.24, 2.45) is 0 Å². The number of nitrogens with zero attached hydrogens (tertiary/aromatic N) is 1. The number of ether oxygens (including phenoxy) is 1. The summed E-state index contributed by atoms with van der Waals surface area (Å²) in [7, 11) is 0. The van der Waals surface area contributed by atoms with Crippen LogP contribution >= 0.6 is 0 Å². The van der Waals surface area contributed by atoms with Crippen molar-refractivity contribution >= 4 is 23.4 Å². The van der Waals surface area contributed by atoms with E-state index in [1.54, 1.807) is 32.0 Å². The number of amides is 3. The van der Waals surface area contributed by atoms with Crippen molar-refractivity contribution in [2.75, 3.05) is 11.4 Å². The van der Waals surface area contributed by atoms with Crippen LogP contribution in [-0.4, -0.2) is 35.9 Å². The minimum Gasteiger partial charge on any atom is -0.476 e. The number of hydrogen-bond donors (Lipinski definition) is 2. The second-order valence-electron chi connectivity index (χ2n) is 8.08. The molecule has 1 aliphatic heterocycles. The van der Waals surface area contributed by atoms with E-state index in [2.05, 4.69) is 10.6 Å². The van der Waals surface area contributed by atoms with Gasteiger partial charge in [-0.05, 0) is 51.5 Å². The van der Waals surface area contributed by atoms with Crippen LogP contribution in [0.25, 0.3) is 0 Å². The van der Waals surface area contributed by atoms with Gasteiger partial charge in [0.2, 0.25) is 5.91 Å². The summed E-state index contributed by atoms with van der Waals surface area (Å²) in [5, 5.41) is 5.66. The first kappa shape index (κ1) is 21.4. The molecule has 2 N–H and O–H groups in total. The number of carbonyl (C=O) groups is 3. The molecule has 3 amide bonds. The Morgan fingerprint density at radius 2 is 1.80 bits per heavy atom. The van der Waals surface area contributed by atoms with Gasteiger partial charge in [0, 0.05) is 18.2 Å². The highest BCUT2D eigenvalue weighted by Crippen LogP contribution is 2.38. The maximum Gasteiger partial charge on any atom is 0.271 e. The standard InChI is InChI=1S/C23H27N3O4/c1-15(2)25-21(28)17-10-11-19-18(12-17)26(22(29)23(3,4)30-19)14-20(27)24-13-16-8-6-5-7-9-16/h5-12,15H,13-14H2,1-4H3,(H,24,27)(H,25,28). The van der Waals surface area contributed by atoms with Crippen molar-refractivity contribution in [1.29, 1.82) is 0 Å². The molecule has 158 valence electrons. The number of fused-ring (bicyclic) bond motifs is 1. The monoisotopic (exact) mass is 409 g/mol. The Labute approximate surface area is 176 Å². The average molecular weight is 409 g/mol. The molecule has 7 nitrogen and oxygen atoms in total. The van der Waals surface area contributed by atoms with Crippen LogP contribution in [0.5, 0.6) is 5.75 Å². The van der Waals surface area contributed by atoms with Crippen molar-refractivity contribution < 1.29 is 19.1 Å². The van der Waals surface area contributed by atoms with E-state index in [0.717, 1.165) is 5.56 Å². The van der Waals surface area contributed by atoms with E-state index in [1.807, 2.05) is 44.2 Å². The van der Waals surface area contributed by atoms with Gasteiger partial charge in [-0.3, -0.25) is 19.3 Å². The molecule has 30 heavy (non-hydrogen) atoms. The first-order valence-corrected chi connectivity index (χ1v) is 9.94. The zero-order valence-corrected chi connectivity index (χ0v) is 17.7. The van der Waals surface area contributed by atoms with E-state index < -0.39 is 5.60 Å². The van der Waals surface area contributed by atoms with Crippen LogP contribution in [0.4, 0.5) is 5.69 Å². The Morgan fingerprint density at radius 1 is 1.10 bits per heavy atom. The van der Waals surface area contributed by atoms with Crippen LogP contribution in [0.3, 0.4) is 0 Å². The summed E-state index contributed by atoms with van der Waals surface area (Å²) in [6.45, 7) is 7.26. The molecule has 2 aromatic rings. The molecule has 0 aliphatic carbocycles. The summed E-state index contributed by atoms with van der Waals surface area (Å²) in [5.74, 6) is -0.436. The predicted molar refractivity (Wildman–Crippen MR) is 114 cm³/mol. The lowest BCUT2D eigenvalue weighted by atomic mass is 10.0. The molecule has 0 unspecified atom stereocenters. The maximum atomic E-state index is 13.0. The van der Waals surface area contributed by atoms with Gasteiger partial charge in [0.15, 0.2) is 5.60 Å². The van der Waals surface area contributed by atoms with E-state index in [9.17, 15) is 14.4 Å². The lowest BCUT2D eigenvalue weighted by Gasteiger charge is -2.38. The number of hydrogen-bond acceptors (Lipinski definition) is 4. The van der Waals surface area contributed by atoms with Gasteiger partial charge in [0.05, 0.1) is 5.69 Å². The minimum absolute atomic E-state index is 0.0229. The number of rotatable bonds is 6. The van der Waals surface area contributed by atoms with Gasteiger partial charge in [-0.15, -0.1) is 0 Å². The predicted octanol–water partition coefficient (Wildman–Crippen LogP) is 2.65. The third kappa shape index (κ3) is 4.79. The van der Waals surface area contributed by atoms with Crippen LogP contribution in [0.1, 0.15) is 43.6 Å². The lowest BCUT2D eigenvalue weighted by Crippen LogP contribution is -2.55. The van der Waals surface area contributed by atoms with Crippen molar-refractivity contribution in [3.05, 3.63) is 59.7 Å². The molecule has 0 fully saturated rings. The number of nitrogens with one attached hydrogen (secondary N) is 2. The molecule has 1 aliphatic rings. The Balaban J connectivity index is 1.83. The van der Waals surface area contributed by atoms with Crippen molar-refractivity contribution in [2.45, 2.75) is 45.9 Å². The fraction of sp³-hybridized carbons (Fsp3) is 0.348. The molecule has 7 heteroatoms. The molecule has 0 bridgehead atoms. The summed E-state index contributed by atoms with van der Waals surface area (Å²) < 4.78 is 5.83. The normalized spacial score (nSPS) is 14.7. The average Bonchev–Trinajstić information content (AvgIpc) is 2.69. The van der Waals surface area contributed by atoms with E-state index in [1.165, 1.54) is 4.90 Å². The molecular formula is C23H27N3O4. The molecule has 0 radical (unpaired) electrons. The summed E-state index contributed by atoms with van der Waals surface area (Å²) >= 11 is 0. The maximum absolute atomic E-state index is 13.0. The molecule has 1 heterocycles. The van der Waals surface area contributed by atoms with Gasteiger partial charge in [-0.25, -0.2) is 0 Å². The zero-order chi connectivity index (χ0) is 21.9. The number of benzene rings is 2. The van der Waals surface area contributed by atoms with Crippen LogP contribution in [0.15, 0.2) is 48.5 Å². The van der Waals surface area contributed by atoms with E-state index in [4.69, 9.17) is 4.74 Å². The topological polar surface area (TPSA) is 87.7 Å². The van der Waals surface area contributed by atoms with Gasteiger partial charge in [-0.1, -0.05) is 30.3 Å². The van der Waals surface area contributed by atoms with Gasteiger partial charge < -0.3 is 15.4 Å². The summed E-state index contributed by atoms with van der Waals surface area (Å²) in [4.78, 5) is 39.4. The minimum atomic E-state index is -1.12. The van der Waals surface area contributed by atoms with Gasteiger partial charge >= 0.3 is 0 Å². The van der Waals surface area contributed by atoms with Crippen molar-refractivity contribution in [3.63, 3.8) is 0 Å². The Hall–Kier alpha value is -3.35. The van der Waals surface area contributed by atoms with Crippen LogP contribution < -0.4 is 20.3 Å². The molecule has 2 aromatic carbocycles. The van der Waals surface area contributed by atoms with Crippen molar-refractivity contribution in [3.8, 4) is 5.75 Å². The second-order valence-corrected chi connectivity index (χ2v) is 8.08. The van der Waals surface area contributed by atoms with Crippen LogP contribution in [-0.2, 0) is 16.1 Å². The van der Waals surface area contributed by atoms with Crippen LogP contribution in [0.2, 0.25) is 0 Å². The van der Waals surface area contributed by atoms with E-state index in [0.29, 0.717) is 23.5 Å². The molecule has 0 aromatic heterocycles. The molecule has 0 spiro atoms. The highest BCUT2D eigenvalue weighted by Gasteiger charge is 2.41. The van der Waals surface area contributed by atoms with E-state index >= 15 is 0 Å². The summed E-state index contributed by atoms with van der Waals surface area (Å²) in [6, 6.07) is 14.4. The smallest absolute Gasteiger partial charge is 0.271 e. The molecular weight excluding hydrogens is 382 g/mol. The third-order valence-corrected chi connectivity index (χ3v) is 4.69. The van der Waals surface area contributed by atoms with Crippen LogP contribution in [0, 0.1) is 0 Å². The van der Waals surface area contributed by atoms with Gasteiger partial charge in [0.1, 0.15) is 12.3 Å². The third-order valence-electron chi connectivity index (χ3n) is 4.69. The molecule has 0 atom stereocenters. The van der Waals surface area contributed by atoms with E-state index in [-0.39, 0.29) is 30.3 Å². The van der Waals surface area contributed by atoms with Crippen molar-refractivity contribution in [1.82, 2.24) is 10.6 Å². The fourth-order valence-electron chi connectivity index (χ4n) is 3.21. The summed E-state index contributed by atoms with van der Waals surface area (Å²) in [6.07, 6.45) is 0. The SMILES string of the molecule is CC(C)NC(=O)c1ccc2c(c1)N(CC(=O)NCc1ccccc1)C(=O)C(C)(C)O2. The first-order valence-electron chi connectivity index (χ1n) is 9.94. The fourth-order valence-corrected chi connectivity index (χ4v) is 3.21. The lowest BCUT2D eigenvalue weighted by molar-refractivity contribution is -0.134. The Morgan fingerprint density at radius 3 is 2.47 bits per heavy atom. The largest absolute Gasteiger partial charge is 0.476 e. The highest BCUT2D eigenvalue weighted by atomic mass is 16.5. The quantitative estimate of drug-likeness (QED) is 0.768. The van der Waals surface area contributed by atoms with Gasteiger partial charge in [-0.2, -0.15) is 0 Å². The summed E-state index contributed by atoms with van der Waals surface area (Å²) in [5.41, 5.74) is 0.653. The number of carbonyl (C=O) groups excluding carboxylic acids is 3. The molecule has 0 saturated carbocycles. The second kappa shape index (κ2) is 8.57.